The number of methoxy groups -OCH3 is 1. The molecule has 0 aliphatic heterocycles. The monoisotopic (exact) mass is 284 g/mol. The molecule has 2 nitrogen and oxygen atoms in total. The van der Waals surface area contributed by atoms with Gasteiger partial charge in [0.05, 0.1) is 13.2 Å². The second kappa shape index (κ2) is 4.61. The molecule has 21 heavy (non-hydrogen) atoms. The highest BCUT2D eigenvalue weighted by Crippen LogP contribution is 2.58. The maximum atomic E-state index is 10.4. The predicted molar refractivity (Wildman–Crippen MR) is 84.2 cm³/mol. The van der Waals surface area contributed by atoms with Gasteiger partial charge in [-0.1, -0.05) is 19.1 Å². The van der Waals surface area contributed by atoms with E-state index in [4.69, 9.17) is 4.74 Å². The minimum absolute atomic E-state index is 0.109. The van der Waals surface area contributed by atoms with E-state index in [1.807, 2.05) is 0 Å². The van der Waals surface area contributed by atoms with E-state index in [0.29, 0.717) is 11.8 Å². The summed E-state index contributed by atoms with van der Waals surface area (Å²) in [7, 11) is 1.73. The van der Waals surface area contributed by atoms with Gasteiger partial charge in [0, 0.05) is 5.41 Å². The Morgan fingerprint density at radius 3 is 2.90 bits per heavy atom. The fourth-order valence-electron chi connectivity index (χ4n) is 5.05. The number of aryl methyl sites for hydroxylation is 1. The number of hydrogen-bond donors (Lipinski definition) is 1. The van der Waals surface area contributed by atoms with Crippen molar-refractivity contribution in [1.29, 1.82) is 0 Å². The first-order valence-corrected chi connectivity index (χ1v) is 8.19. The lowest BCUT2D eigenvalue weighted by Crippen LogP contribution is -2.40. The molecule has 0 spiro atoms. The SMILES string of the molecule is COc1ccc2c(c1)CC[C@H]1C2=CC[C@]2(C)[C@@H]1CC[C@@H]2O. The third-order valence-corrected chi connectivity index (χ3v) is 6.35. The van der Waals surface area contributed by atoms with E-state index in [1.165, 1.54) is 29.5 Å². The molecule has 112 valence electrons. The number of aliphatic hydroxyl groups excluding tert-OH is 1. The maximum absolute atomic E-state index is 10.4. The van der Waals surface area contributed by atoms with Crippen molar-refractivity contribution in [3.05, 3.63) is 35.4 Å². The summed E-state index contributed by atoms with van der Waals surface area (Å²) in [5.74, 6) is 2.26. The van der Waals surface area contributed by atoms with Crippen LogP contribution in [-0.2, 0) is 6.42 Å². The summed E-state index contributed by atoms with van der Waals surface area (Å²) in [5, 5.41) is 10.4. The lowest BCUT2D eigenvalue weighted by Gasteiger charge is -2.45. The predicted octanol–water partition coefficient (Wildman–Crippen LogP) is 3.82. The molecular weight excluding hydrogens is 260 g/mol. The average Bonchev–Trinajstić information content (AvgIpc) is 2.82. The molecule has 2 heteroatoms. The first kappa shape index (κ1) is 13.4. The molecule has 4 rings (SSSR count). The summed E-state index contributed by atoms with van der Waals surface area (Å²) in [6.45, 7) is 2.30. The zero-order valence-corrected chi connectivity index (χ0v) is 12.9. The maximum Gasteiger partial charge on any atom is 0.119 e. The van der Waals surface area contributed by atoms with E-state index in [9.17, 15) is 5.11 Å². The molecule has 1 aromatic carbocycles. The van der Waals surface area contributed by atoms with E-state index in [2.05, 4.69) is 31.2 Å². The number of hydrogen-bond acceptors (Lipinski definition) is 2. The topological polar surface area (TPSA) is 29.5 Å². The van der Waals surface area contributed by atoms with Crippen LogP contribution < -0.4 is 4.74 Å². The second-order valence-corrected chi connectivity index (χ2v) is 7.24. The van der Waals surface area contributed by atoms with Crippen molar-refractivity contribution in [2.75, 3.05) is 7.11 Å². The average molecular weight is 284 g/mol. The van der Waals surface area contributed by atoms with Gasteiger partial charge in [0.25, 0.3) is 0 Å². The third-order valence-electron chi connectivity index (χ3n) is 6.35. The van der Waals surface area contributed by atoms with E-state index in [0.717, 1.165) is 25.0 Å². The molecule has 0 unspecified atom stereocenters. The molecule has 1 saturated carbocycles. The van der Waals surface area contributed by atoms with Gasteiger partial charge in [0.2, 0.25) is 0 Å². The van der Waals surface area contributed by atoms with Crippen LogP contribution in [0.4, 0.5) is 0 Å². The zero-order chi connectivity index (χ0) is 14.6. The third kappa shape index (κ3) is 1.81. The Kier molecular flexibility index (Phi) is 2.94. The Hall–Kier alpha value is -1.28. The summed E-state index contributed by atoms with van der Waals surface area (Å²) in [4.78, 5) is 0. The van der Waals surface area contributed by atoms with Gasteiger partial charge in [-0.2, -0.15) is 0 Å². The minimum Gasteiger partial charge on any atom is -0.497 e. The second-order valence-electron chi connectivity index (χ2n) is 7.24. The number of fused-ring (bicyclic) bond motifs is 5. The molecule has 3 aliphatic rings. The molecule has 1 fully saturated rings. The smallest absolute Gasteiger partial charge is 0.119 e. The van der Waals surface area contributed by atoms with Gasteiger partial charge in [-0.25, -0.2) is 0 Å². The lowest BCUT2D eigenvalue weighted by molar-refractivity contribution is 0.0251. The van der Waals surface area contributed by atoms with Crippen LogP contribution in [0.1, 0.15) is 43.7 Å². The standard InChI is InChI=1S/C19H24O2/c1-19-10-9-15-14-6-4-13(21-2)11-12(14)3-5-16(15)17(19)7-8-18(19)20/h4,6,9,11,16-18,20H,3,5,7-8,10H2,1-2H3/t16-,17+,18-,19+/m0/s1. The van der Waals surface area contributed by atoms with E-state index >= 15 is 0 Å². The van der Waals surface area contributed by atoms with Crippen LogP contribution in [0.2, 0.25) is 0 Å². The number of benzene rings is 1. The number of aliphatic hydroxyl groups is 1. The molecule has 3 aliphatic carbocycles. The van der Waals surface area contributed by atoms with Gasteiger partial charge in [0.1, 0.15) is 5.75 Å². The Balaban J connectivity index is 1.76. The van der Waals surface area contributed by atoms with Gasteiger partial charge in [-0.05, 0) is 72.8 Å². The van der Waals surface area contributed by atoms with Crippen molar-refractivity contribution in [3.8, 4) is 5.75 Å². The molecule has 1 N–H and O–H groups in total. The van der Waals surface area contributed by atoms with Gasteiger partial charge in [-0.15, -0.1) is 0 Å². The Labute approximate surface area is 126 Å². The van der Waals surface area contributed by atoms with Crippen LogP contribution in [0.25, 0.3) is 5.57 Å². The van der Waals surface area contributed by atoms with Crippen LogP contribution in [0.5, 0.6) is 5.75 Å². The molecular formula is C19H24O2. The molecule has 1 aromatic rings. The van der Waals surface area contributed by atoms with Crippen molar-refractivity contribution in [1.82, 2.24) is 0 Å². The molecule has 0 aromatic heterocycles. The van der Waals surface area contributed by atoms with E-state index < -0.39 is 0 Å². The highest BCUT2D eigenvalue weighted by Gasteiger charge is 2.51. The Morgan fingerprint density at radius 1 is 1.24 bits per heavy atom. The number of rotatable bonds is 1. The normalized spacial score (nSPS) is 37.3. The quantitative estimate of drug-likeness (QED) is 0.849. The van der Waals surface area contributed by atoms with Crippen molar-refractivity contribution >= 4 is 5.57 Å². The number of ether oxygens (including phenoxy) is 1. The fraction of sp³-hybridized carbons (Fsp3) is 0.579. The molecule has 0 bridgehead atoms. The van der Waals surface area contributed by atoms with Gasteiger partial charge in [-0.3, -0.25) is 0 Å². The summed E-state index contributed by atoms with van der Waals surface area (Å²) < 4.78 is 5.36. The lowest BCUT2D eigenvalue weighted by atomic mass is 9.60. The molecule has 0 amide bonds. The van der Waals surface area contributed by atoms with Gasteiger partial charge in [0.15, 0.2) is 0 Å². The van der Waals surface area contributed by atoms with Crippen molar-refractivity contribution in [2.45, 2.75) is 45.1 Å². The van der Waals surface area contributed by atoms with Crippen LogP contribution in [-0.4, -0.2) is 18.3 Å². The molecule has 4 atom stereocenters. The van der Waals surface area contributed by atoms with Crippen LogP contribution >= 0.6 is 0 Å². The highest BCUT2D eigenvalue weighted by atomic mass is 16.5. The Bertz CT molecular complexity index is 604. The van der Waals surface area contributed by atoms with Crippen molar-refractivity contribution in [3.63, 3.8) is 0 Å². The summed E-state index contributed by atoms with van der Waals surface area (Å²) in [6.07, 6.45) is 7.85. The zero-order valence-electron chi connectivity index (χ0n) is 12.9. The van der Waals surface area contributed by atoms with Crippen molar-refractivity contribution < 1.29 is 9.84 Å². The van der Waals surface area contributed by atoms with E-state index in [-0.39, 0.29) is 11.5 Å². The molecule has 0 radical (unpaired) electrons. The van der Waals surface area contributed by atoms with Gasteiger partial charge < -0.3 is 9.84 Å². The first-order valence-electron chi connectivity index (χ1n) is 8.19. The first-order chi connectivity index (χ1) is 10.1. The van der Waals surface area contributed by atoms with Crippen LogP contribution in [0.15, 0.2) is 24.3 Å². The van der Waals surface area contributed by atoms with Crippen LogP contribution in [0, 0.1) is 17.3 Å². The Morgan fingerprint density at radius 2 is 2.10 bits per heavy atom. The summed E-state index contributed by atoms with van der Waals surface area (Å²) in [5.41, 5.74) is 4.50. The van der Waals surface area contributed by atoms with Crippen LogP contribution in [0.3, 0.4) is 0 Å². The number of allylic oxidation sites excluding steroid dienone is 2. The van der Waals surface area contributed by atoms with Gasteiger partial charge >= 0.3 is 0 Å². The largest absolute Gasteiger partial charge is 0.497 e. The van der Waals surface area contributed by atoms with E-state index in [1.54, 1.807) is 7.11 Å². The minimum atomic E-state index is -0.113. The molecule has 0 heterocycles. The highest BCUT2D eigenvalue weighted by molar-refractivity contribution is 5.73. The molecule has 0 saturated heterocycles. The van der Waals surface area contributed by atoms with Crippen molar-refractivity contribution in [2.24, 2.45) is 17.3 Å². The summed E-state index contributed by atoms with van der Waals surface area (Å²) >= 11 is 0. The fourth-order valence-corrected chi connectivity index (χ4v) is 5.05. The summed E-state index contributed by atoms with van der Waals surface area (Å²) in [6, 6.07) is 6.52.